The lowest BCUT2D eigenvalue weighted by molar-refractivity contribution is -0.159. The van der Waals surface area contributed by atoms with E-state index in [1.165, 1.54) is 5.56 Å². The van der Waals surface area contributed by atoms with Crippen molar-refractivity contribution in [2.75, 3.05) is 46.5 Å². The first-order valence-corrected chi connectivity index (χ1v) is 7.63. The number of carboxylic acid groups (broad SMARTS) is 2. The Kier molecular flexibility index (Phi) is 9.44. The van der Waals surface area contributed by atoms with Gasteiger partial charge in [0, 0.05) is 32.7 Å². The molecule has 1 saturated heterocycles. The maximum atomic E-state index is 9.10. The van der Waals surface area contributed by atoms with Gasteiger partial charge in [0.2, 0.25) is 0 Å². The largest absolute Gasteiger partial charge is 0.497 e. The number of nitrogens with one attached hydrogen (secondary N) is 1. The van der Waals surface area contributed by atoms with Crippen LogP contribution in [0.3, 0.4) is 0 Å². The van der Waals surface area contributed by atoms with Crippen LogP contribution in [0.2, 0.25) is 0 Å². The number of carboxylic acids is 2. The standard InChI is InChI=1S/C14H22N2O2.C2H2O4/c1-17-14-4-2-13(3-5-14)12-15-6-7-16-8-10-18-11-9-16;3-1(4)2(5)6/h2-5,15H,6-12H2,1H3;(H,3,4)(H,5,6). The molecule has 0 atom stereocenters. The lowest BCUT2D eigenvalue weighted by Crippen LogP contribution is -2.40. The minimum Gasteiger partial charge on any atom is -0.497 e. The van der Waals surface area contributed by atoms with Gasteiger partial charge in [-0.3, -0.25) is 4.90 Å². The quantitative estimate of drug-likeness (QED) is 0.500. The molecule has 0 bridgehead atoms. The number of carbonyl (C=O) groups is 2. The minimum absolute atomic E-state index is 0.873. The zero-order valence-corrected chi connectivity index (χ0v) is 13.7. The molecule has 8 heteroatoms. The molecule has 0 aliphatic carbocycles. The van der Waals surface area contributed by atoms with Crippen LogP contribution in [0.5, 0.6) is 5.75 Å². The summed E-state index contributed by atoms with van der Waals surface area (Å²) in [6.45, 7) is 6.89. The number of nitrogens with zero attached hydrogens (tertiary/aromatic N) is 1. The summed E-state index contributed by atoms with van der Waals surface area (Å²) in [7, 11) is 1.69. The van der Waals surface area contributed by atoms with Gasteiger partial charge < -0.3 is 25.0 Å². The van der Waals surface area contributed by atoms with Gasteiger partial charge in [0.05, 0.1) is 20.3 Å². The van der Waals surface area contributed by atoms with Gasteiger partial charge in [-0.15, -0.1) is 0 Å². The van der Waals surface area contributed by atoms with Gasteiger partial charge in [-0.25, -0.2) is 9.59 Å². The van der Waals surface area contributed by atoms with Crippen molar-refractivity contribution in [2.45, 2.75) is 6.54 Å². The van der Waals surface area contributed by atoms with E-state index in [9.17, 15) is 0 Å². The fourth-order valence-electron chi connectivity index (χ4n) is 2.04. The van der Waals surface area contributed by atoms with E-state index in [1.54, 1.807) is 7.11 Å². The normalized spacial score (nSPS) is 14.4. The third-order valence-electron chi connectivity index (χ3n) is 3.38. The number of benzene rings is 1. The summed E-state index contributed by atoms with van der Waals surface area (Å²) in [5.41, 5.74) is 1.29. The fraction of sp³-hybridized carbons (Fsp3) is 0.500. The van der Waals surface area contributed by atoms with E-state index in [0.717, 1.165) is 51.7 Å². The summed E-state index contributed by atoms with van der Waals surface area (Å²) in [4.78, 5) is 20.6. The van der Waals surface area contributed by atoms with Gasteiger partial charge in [0.1, 0.15) is 5.75 Å². The second-order valence-corrected chi connectivity index (χ2v) is 5.09. The van der Waals surface area contributed by atoms with Gasteiger partial charge in [0.25, 0.3) is 0 Å². The number of rotatable bonds is 6. The topological polar surface area (TPSA) is 108 Å². The van der Waals surface area contributed by atoms with Crippen LogP contribution in [0.4, 0.5) is 0 Å². The van der Waals surface area contributed by atoms with Crippen molar-refractivity contribution < 1.29 is 29.3 Å². The predicted octanol–water partition coefficient (Wildman–Crippen LogP) is 0.273. The number of hydrogen-bond acceptors (Lipinski definition) is 6. The fourth-order valence-corrected chi connectivity index (χ4v) is 2.04. The highest BCUT2D eigenvalue weighted by Crippen LogP contribution is 2.10. The highest BCUT2D eigenvalue weighted by Gasteiger charge is 2.08. The first-order valence-electron chi connectivity index (χ1n) is 7.63. The molecule has 8 nitrogen and oxygen atoms in total. The van der Waals surface area contributed by atoms with Crippen molar-refractivity contribution in [3.05, 3.63) is 29.8 Å². The lowest BCUT2D eigenvalue weighted by Gasteiger charge is -2.26. The SMILES string of the molecule is COc1ccc(CNCCN2CCOCC2)cc1.O=C(O)C(=O)O. The van der Waals surface area contributed by atoms with Crippen molar-refractivity contribution in [1.82, 2.24) is 10.2 Å². The van der Waals surface area contributed by atoms with Crippen molar-refractivity contribution in [1.29, 1.82) is 0 Å². The molecular formula is C16H24N2O6. The van der Waals surface area contributed by atoms with Gasteiger partial charge in [0.15, 0.2) is 0 Å². The Morgan fingerprint density at radius 3 is 2.25 bits per heavy atom. The lowest BCUT2D eigenvalue weighted by atomic mass is 10.2. The smallest absolute Gasteiger partial charge is 0.414 e. The van der Waals surface area contributed by atoms with Crippen molar-refractivity contribution in [3.8, 4) is 5.75 Å². The Hall–Kier alpha value is -2.16. The monoisotopic (exact) mass is 340 g/mol. The van der Waals surface area contributed by atoms with Gasteiger partial charge in [-0.2, -0.15) is 0 Å². The van der Waals surface area contributed by atoms with Crippen LogP contribution in [-0.2, 0) is 20.9 Å². The first kappa shape index (κ1) is 19.9. The second kappa shape index (κ2) is 11.4. The van der Waals surface area contributed by atoms with E-state index in [4.69, 9.17) is 29.3 Å². The third-order valence-corrected chi connectivity index (χ3v) is 3.38. The van der Waals surface area contributed by atoms with Gasteiger partial charge in [-0.1, -0.05) is 12.1 Å². The molecule has 24 heavy (non-hydrogen) atoms. The summed E-state index contributed by atoms with van der Waals surface area (Å²) < 4.78 is 10.5. The van der Waals surface area contributed by atoms with E-state index < -0.39 is 11.9 Å². The van der Waals surface area contributed by atoms with Crippen molar-refractivity contribution in [2.24, 2.45) is 0 Å². The summed E-state index contributed by atoms with van der Waals surface area (Å²) in [5.74, 6) is -2.74. The molecule has 0 saturated carbocycles. The van der Waals surface area contributed by atoms with Gasteiger partial charge in [-0.05, 0) is 17.7 Å². The van der Waals surface area contributed by atoms with Crippen LogP contribution in [0.25, 0.3) is 0 Å². The maximum Gasteiger partial charge on any atom is 0.414 e. The summed E-state index contributed by atoms with van der Waals surface area (Å²) in [6.07, 6.45) is 0. The maximum absolute atomic E-state index is 9.10. The molecule has 134 valence electrons. The minimum atomic E-state index is -1.82. The molecule has 0 amide bonds. The van der Waals surface area contributed by atoms with Crippen LogP contribution in [-0.4, -0.2) is 73.6 Å². The predicted molar refractivity (Wildman–Crippen MR) is 87.2 cm³/mol. The van der Waals surface area contributed by atoms with Crippen LogP contribution < -0.4 is 10.1 Å². The molecule has 3 N–H and O–H groups in total. The number of methoxy groups -OCH3 is 1. The zero-order valence-electron chi connectivity index (χ0n) is 13.7. The van der Waals surface area contributed by atoms with E-state index >= 15 is 0 Å². The Labute approximate surface area is 141 Å². The Morgan fingerprint density at radius 1 is 1.17 bits per heavy atom. The molecule has 0 aromatic heterocycles. The van der Waals surface area contributed by atoms with E-state index in [-0.39, 0.29) is 0 Å². The van der Waals surface area contributed by atoms with Crippen LogP contribution in [0.15, 0.2) is 24.3 Å². The highest BCUT2D eigenvalue weighted by molar-refractivity contribution is 6.27. The Bertz CT molecular complexity index is 488. The van der Waals surface area contributed by atoms with Crippen molar-refractivity contribution >= 4 is 11.9 Å². The number of ether oxygens (including phenoxy) is 2. The summed E-state index contributed by atoms with van der Waals surface area (Å²) in [5, 5.41) is 18.2. The third kappa shape index (κ3) is 8.47. The zero-order chi connectivity index (χ0) is 17.8. The van der Waals surface area contributed by atoms with Crippen LogP contribution in [0, 0.1) is 0 Å². The second-order valence-electron chi connectivity index (χ2n) is 5.09. The number of aliphatic carboxylic acids is 2. The van der Waals surface area contributed by atoms with Crippen LogP contribution >= 0.6 is 0 Å². The van der Waals surface area contributed by atoms with E-state index in [1.807, 2.05) is 12.1 Å². The molecule has 0 unspecified atom stereocenters. The van der Waals surface area contributed by atoms with Crippen LogP contribution in [0.1, 0.15) is 5.56 Å². The molecule has 1 aromatic rings. The van der Waals surface area contributed by atoms with E-state index in [2.05, 4.69) is 22.3 Å². The molecule has 2 rings (SSSR count). The van der Waals surface area contributed by atoms with E-state index in [0.29, 0.717) is 0 Å². The average molecular weight is 340 g/mol. The number of hydrogen-bond donors (Lipinski definition) is 3. The number of morpholine rings is 1. The molecule has 1 aliphatic heterocycles. The molecule has 1 heterocycles. The summed E-state index contributed by atoms with van der Waals surface area (Å²) in [6, 6.07) is 8.19. The average Bonchev–Trinajstić information content (AvgIpc) is 2.60. The molecule has 1 aromatic carbocycles. The molecule has 0 radical (unpaired) electrons. The van der Waals surface area contributed by atoms with Gasteiger partial charge >= 0.3 is 11.9 Å². The first-order chi connectivity index (χ1) is 11.5. The Balaban J connectivity index is 0.000000413. The Morgan fingerprint density at radius 2 is 1.75 bits per heavy atom. The molecular weight excluding hydrogens is 316 g/mol. The molecule has 0 spiro atoms. The molecule has 1 aliphatic rings. The molecule has 1 fully saturated rings. The summed E-state index contributed by atoms with van der Waals surface area (Å²) >= 11 is 0. The van der Waals surface area contributed by atoms with Crippen molar-refractivity contribution in [3.63, 3.8) is 0 Å². The highest BCUT2D eigenvalue weighted by atomic mass is 16.5.